The van der Waals surface area contributed by atoms with E-state index in [0.29, 0.717) is 6.61 Å². The molecule has 0 aromatic heterocycles. The van der Waals surface area contributed by atoms with E-state index in [4.69, 9.17) is 18.6 Å². The maximum Gasteiger partial charge on any atom is 0.192 e. The van der Waals surface area contributed by atoms with Crippen LogP contribution in [0.2, 0.25) is 18.1 Å². The van der Waals surface area contributed by atoms with Gasteiger partial charge in [0.15, 0.2) is 14.6 Å². The third-order valence-electron chi connectivity index (χ3n) is 4.24. The molecule has 1 aliphatic heterocycles. The number of ether oxygens (including phenoxy) is 3. The standard InChI is InChI=1S/C13H28O5Si/c1-13(2,3)19(6,7)17-8-9-10(15-4)11(16-5)12(14)18-9/h9-12,14H,8H2,1-7H3/t9-,10-,11-,12+/m1/s1. The first kappa shape index (κ1) is 17.1. The molecule has 0 spiro atoms. The fourth-order valence-electron chi connectivity index (χ4n) is 1.89. The van der Waals surface area contributed by atoms with Crippen LogP contribution in [0.25, 0.3) is 0 Å². The van der Waals surface area contributed by atoms with E-state index in [0.717, 1.165) is 0 Å². The van der Waals surface area contributed by atoms with Crippen LogP contribution < -0.4 is 0 Å². The molecule has 6 heteroatoms. The van der Waals surface area contributed by atoms with E-state index in [1.165, 1.54) is 0 Å². The van der Waals surface area contributed by atoms with E-state index in [1.807, 2.05) is 0 Å². The van der Waals surface area contributed by atoms with Crippen molar-refractivity contribution in [1.29, 1.82) is 0 Å². The van der Waals surface area contributed by atoms with Crippen molar-refractivity contribution in [2.75, 3.05) is 20.8 Å². The molecule has 5 nitrogen and oxygen atoms in total. The summed E-state index contributed by atoms with van der Waals surface area (Å²) in [5, 5.41) is 9.93. The van der Waals surface area contributed by atoms with Gasteiger partial charge in [-0.1, -0.05) is 20.8 Å². The maximum atomic E-state index is 9.78. The van der Waals surface area contributed by atoms with Gasteiger partial charge < -0.3 is 23.7 Å². The van der Waals surface area contributed by atoms with Crippen molar-refractivity contribution in [2.24, 2.45) is 0 Å². The quantitative estimate of drug-likeness (QED) is 0.782. The molecule has 1 aliphatic rings. The van der Waals surface area contributed by atoms with Gasteiger partial charge in [-0.05, 0) is 18.1 Å². The highest BCUT2D eigenvalue weighted by molar-refractivity contribution is 6.74. The molecule has 114 valence electrons. The lowest BCUT2D eigenvalue weighted by atomic mass is 10.1. The number of hydrogen-bond donors (Lipinski definition) is 1. The van der Waals surface area contributed by atoms with Gasteiger partial charge in [0.05, 0.1) is 6.61 Å². The molecule has 19 heavy (non-hydrogen) atoms. The molecule has 1 fully saturated rings. The molecule has 0 aromatic rings. The van der Waals surface area contributed by atoms with Crippen LogP contribution in [-0.4, -0.2) is 58.9 Å². The Hall–Kier alpha value is 0.0169. The first-order chi connectivity index (χ1) is 8.64. The van der Waals surface area contributed by atoms with Crippen molar-refractivity contribution in [3.05, 3.63) is 0 Å². The lowest BCUT2D eigenvalue weighted by Gasteiger charge is -2.37. The van der Waals surface area contributed by atoms with Gasteiger partial charge in [0.25, 0.3) is 0 Å². The average molecular weight is 292 g/mol. The molecule has 1 heterocycles. The second-order valence-corrected chi connectivity index (χ2v) is 11.3. The van der Waals surface area contributed by atoms with Crippen molar-refractivity contribution < 1.29 is 23.7 Å². The Balaban J connectivity index is 2.63. The Kier molecular flexibility index (Phi) is 5.57. The summed E-state index contributed by atoms with van der Waals surface area (Å²) in [6.07, 6.45) is -2.01. The first-order valence-electron chi connectivity index (χ1n) is 6.67. The SMILES string of the molecule is CO[C@@H]1[C@H](OC)[C@@H](CO[Si](C)(C)C(C)(C)C)O[C@@H]1O. The Morgan fingerprint density at radius 1 is 1.11 bits per heavy atom. The van der Waals surface area contributed by atoms with Crippen LogP contribution in [0.1, 0.15) is 20.8 Å². The lowest BCUT2D eigenvalue weighted by molar-refractivity contribution is -0.139. The largest absolute Gasteiger partial charge is 0.414 e. The molecule has 1 rings (SSSR count). The van der Waals surface area contributed by atoms with Crippen LogP contribution in [0, 0.1) is 0 Å². The van der Waals surface area contributed by atoms with Crippen LogP contribution in [0.3, 0.4) is 0 Å². The Bertz CT molecular complexity index is 289. The van der Waals surface area contributed by atoms with Crippen molar-refractivity contribution in [3.8, 4) is 0 Å². The summed E-state index contributed by atoms with van der Waals surface area (Å²) in [6, 6.07) is 0. The van der Waals surface area contributed by atoms with E-state index in [9.17, 15) is 5.11 Å². The van der Waals surface area contributed by atoms with E-state index >= 15 is 0 Å². The third-order valence-corrected chi connectivity index (χ3v) is 8.75. The minimum absolute atomic E-state index is 0.146. The molecule has 0 amide bonds. The van der Waals surface area contributed by atoms with Gasteiger partial charge in [-0.25, -0.2) is 0 Å². The van der Waals surface area contributed by atoms with Gasteiger partial charge in [0.1, 0.15) is 18.3 Å². The molecule has 0 unspecified atom stereocenters. The Morgan fingerprint density at radius 2 is 1.63 bits per heavy atom. The Labute approximate surface area is 117 Å². The predicted molar refractivity (Wildman–Crippen MR) is 75.6 cm³/mol. The van der Waals surface area contributed by atoms with Crippen molar-refractivity contribution in [1.82, 2.24) is 0 Å². The van der Waals surface area contributed by atoms with Crippen LogP contribution >= 0.6 is 0 Å². The van der Waals surface area contributed by atoms with E-state index < -0.39 is 20.7 Å². The smallest absolute Gasteiger partial charge is 0.192 e. The third kappa shape index (κ3) is 3.77. The molecule has 0 bridgehead atoms. The highest BCUT2D eigenvalue weighted by atomic mass is 28.4. The molecule has 1 N–H and O–H groups in total. The zero-order chi connectivity index (χ0) is 14.8. The first-order valence-corrected chi connectivity index (χ1v) is 9.58. The average Bonchev–Trinajstić information content (AvgIpc) is 2.60. The van der Waals surface area contributed by atoms with Crippen LogP contribution in [0.4, 0.5) is 0 Å². The summed E-state index contributed by atoms with van der Waals surface area (Å²) >= 11 is 0. The minimum Gasteiger partial charge on any atom is -0.414 e. The van der Waals surface area contributed by atoms with Crippen LogP contribution in [0.5, 0.6) is 0 Å². The number of aliphatic hydroxyl groups excluding tert-OH is 1. The van der Waals surface area contributed by atoms with E-state index in [2.05, 4.69) is 33.9 Å². The number of rotatable bonds is 5. The van der Waals surface area contributed by atoms with Gasteiger partial charge in [-0.15, -0.1) is 0 Å². The van der Waals surface area contributed by atoms with Gasteiger partial charge in [-0.3, -0.25) is 0 Å². The number of methoxy groups -OCH3 is 2. The van der Waals surface area contributed by atoms with Crippen LogP contribution in [0.15, 0.2) is 0 Å². The fourth-order valence-corrected chi connectivity index (χ4v) is 2.90. The lowest BCUT2D eigenvalue weighted by Crippen LogP contribution is -2.45. The molecule has 1 saturated heterocycles. The highest BCUT2D eigenvalue weighted by Gasteiger charge is 2.46. The number of aliphatic hydroxyl groups is 1. The van der Waals surface area contributed by atoms with E-state index in [-0.39, 0.29) is 17.2 Å². The minimum atomic E-state index is -1.83. The summed E-state index contributed by atoms with van der Waals surface area (Å²) in [5.41, 5.74) is 0. The van der Waals surface area contributed by atoms with Gasteiger partial charge in [0, 0.05) is 14.2 Å². The summed E-state index contributed by atoms with van der Waals surface area (Å²) in [5.74, 6) is 0. The van der Waals surface area contributed by atoms with Crippen molar-refractivity contribution in [3.63, 3.8) is 0 Å². The molecule has 0 saturated carbocycles. The van der Waals surface area contributed by atoms with E-state index in [1.54, 1.807) is 14.2 Å². The second kappa shape index (κ2) is 6.20. The number of hydrogen-bond acceptors (Lipinski definition) is 5. The topological polar surface area (TPSA) is 57.2 Å². The maximum absolute atomic E-state index is 9.78. The summed E-state index contributed by atoms with van der Waals surface area (Å²) in [7, 11) is 1.31. The molecule has 0 radical (unpaired) electrons. The zero-order valence-corrected chi connectivity index (χ0v) is 14.1. The monoisotopic (exact) mass is 292 g/mol. The molecule has 0 aromatic carbocycles. The normalized spacial score (nSPS) is 32.8. The highest BCUT2D eigenvalue weighted by Crippen LogP contribution is 2.37. The molecular weight excluding hydrogens is 264 g/mol. The fraction of sp³-hybridized carbons (Fsp3) is 1.00. The summed E-state index contributed by atoms with van der Waals surface area (Å²) in [6.45, 7) is 11.4. The van der Waals surface area contributed by atoms with Crippen molar-refractivity contribution >= 4 is 8.32 Å². The van der Waals surface area contributed by atoms with Gasteiger partial charge >= 0.3 is 0 Å². The van der Waals surface area contributed by atoms with Crippen LogP contribution in [-0.2, 0) is 18.6 Å². The molecular formula is C13H28O5Si. The molecule has 0 aliphatic carbocycles. The van der Waals surface area contributed by atoms with Gasteiger partial charge in [-0.2, -0.15) is 0 Å². The second-order valence-electron chi connectivity index (χ2n) is 6.54. The Morgan fingerprint density at radius 3 is 2.05 bits per heavy atom. The summed E-state index contributed by atoms with van der Waals surface area (Å²) < 4.78 is 22.2. The molecule has 4 atom stereocenters. The summed E-state index contributed by atoms with van der Waals surface area (Å²) in [4.78, 5) is 0. The zero-order valence-electron chi connectivity index (χ0n) is 13.1. The predicted octanol–water partition coefficient (Wildman–Crippen LogP) is 1.76. The van der Waals surface area contributed by atoms with Gasteiger partial charge in [0.2, 0.25) is 0 Å². The van der Waals surface area contributed by atoms with Crippen molar-refractivity contribution in [2.45, 2.75) is 63.5 Å².